The van der Waals surface area contributed by atoms with E-state index >= 15 is 0 Å². The smallest absolute Gasteiger partial charge is 0.225 e. The lowest BCUT2D eigenvalue weighted by atomic mass is 10.2. The zero-order valence-corrected chi connectivity index (χ0v) is 11.0. The summed E-state index contributed by atoms with van der Waals surface area (Å²) in [7, 11) is 3.97. The number of hydrazone groups is 1. The molecule has 2 rings (SSSR count). The standard InChI is InChI=1S/C15H18N3/c1-13-8-4-5-10-15(13)18(3)16-12-14-9-6-7-11-17(14)2/h4-12H,1-3H3/q+1. The first-order valence-corrected chi connectivity index (χ1v) is 5.96. The first kappa shape index (κ1) is 12.3. The zero-order chi connectivity index (χ0) is 13.0. The van der Waals surface area contributed by atoms with Crippen molar-refractivity contribution in [2.24, 2.45) is 12.1 Å². The monoisotopic (exact) mass is 240 g/mol. The van der Waals surface area contributed by atoms with E-state index in [-0.39, 0.29) is 0 Å². The Hall–Kier alpha value is -2.16. The van der Waals surface area contributed by atoms with Crippen LogP contribution in [0.4, 0.5) is 5.69 Å². The summed E-state index contributed by atoms with van der Waals surface area (Å²) < 4.78 is 2.04. The van der Waals surface area contributed by atoms with E-state index < -0.39 is 0 Å². The van der Waals surface area contributed by atoms with E-state index in [2.05, 4.69) is 24.2 Å². The second-order valence-corrected chi connectivity index (χ2v) is 4.29. The highest BCUT2D eigenvalue weighted by molar-refractivity contribution is 5.76. The zero-order valence-electron chi connectivity index (χ0n) is 11.0. The number of aryl methyl sites for hydroxylation is 2. The molecule has 0 fully saturated rings. The molecule has 0 saturated heterocycles. The molecule has 0 aliphatic heterocycles. The molecule has 0 amide bonds. The lowest BCUT2D eigenvalue weighted by Gasteiger charge is -2.14. The van der Waals surface area contributed by atoms with Crippen molar-refractivity contribution in [1.29, 1.82) is 0 Å². The minimum atomic E-state index is 1.07. The Kier molecular flexibility index (Phi) is 3.72. The van der Waals surface area contributed by atoms with Crippen molar-refractivity contribution in [3.05, 3.63) is 59.9 Å². The number of para-hydroxylation sites is 1. The van der Waals surface area contributed by atoms with Crippen LogP contribution in [0.3, 0.4) is 0 Å². The highest BCUT2D eigenvalue weighted by atomic mass is 15.4. The van der Waals surface area contributed by atoms with E-state index in [1.165, 1.54) is 5.56 Å². The number of pyridine rings is 1. The molecule has 1 aromatic carbocycles. The van der Waals surface area contributed by atoms with Crippen LogP contribution in [0.15, 0.2) is 53.8 Å². The molecular formula is C15H18N3+. The van der Waals surface area contributed by atoms with Gasteiger partial charge in [0, 0.05) is 19.2 Å². The summed E-state index contributed by atoms with van der Waals surface area (Å²) in [6, 6.07) is 14.3. The average molecular weight is 240 g/mol. The third-order valence-electron chi connectivity index (χ3n) is 2.92. The number of hydrogen-bond donors (Lipinski definition) is 0. The molecule has 0 atom stereocenters. The van der Waals surface area contributed by atoms with Gasteiger partial charge in [-0.2, -0.15) is 5.10 Å². The Morgan fingerprint density at radius 2 is 1.83 bits per heavy atom. The fourth-order valence-electron chi connectivity index (χ4n) is 1.81. The maximum atomic E-state index is 4.47. The summed E-state index contributed by atoms with van der Waals surface area (Å²) in [6.07, 6.45) is 3.88. The quantitative estimate of drug-likeness (QED) is 0.458. The predicted octanol–water partition coefficient (Wildman–Crippen LogP) is 2.29. The summed E-state index contributed by atoms with van der Waals surface area (Å²) in [5, 5.41) is 6.36. The number of nitrogens with zero attached hydrogens (tertiary/aromatic N) is 3. The maximum absolute atomic E-state index is 4.47. The van der Waals surface area contributed by atoms with Crippen LogP contribution >= 0.6 is 0 Å². The first-order valence-electron chi connectivity index (χ1n) is 5.96. The van der Waals surface area contributed by atoms with Crippen molar-refractivity contribution in [3.63, 3.8) is 0 Å². The molecule has 0 radical (unpaired) electrons. The molecule has 3 heteroatoms. The van der Waals surface area contributed by atoms with Gasteiger partial charge in [0.1, 0.15) is 13.3 Å². The second kappa shape index (κ2) is 5.45. The molecule has 2 aromatic rings. The van der Waals surface area contributed by atoms with E-state index in [9.17, 15) is 0 Å². The lowest BCUT2D eigenvalue weighted by molar-refractivity contribution is -0.672. The highest BCUT2D eigenvalue weighted by Crippen LogP contribution is 2.17. The topological polar surface area (TPSA) is 19.5 Å². The van der Waals surface area contributed by atoms with Crippen molar-refractivity contribution in [2.45, 2.75) is 6.92 Å². The van der Waals surface area contributed by atoms with E-state index in [0.29, 0.717) is 0 Å². The molecular weight excluding hydrogens is 222 g/mol. The molecule has 0 bridgehead atoms. The van der Waals surface area contributed by atoms with Gasteiger partial charge in [-0.3, -0.25) is 5.01 Å². The number of hydrogen-bond acceptors (Lipinski definition) is 2. The van der Waals surface area contributed by atoms with Gasteiger partial charge in [-0.05, 0) is 24.6 Å². The summed E-state index contributed by atoms with van der Waals surface area (Å²) in [5.74, 6) is 0. The van der Waals surface area contributed by atoms with Crippen LogP contribution in [0.25, 0.3) is 0 Å². The molecule has 92 valence electrons. The highest BCUT2D eigenvalue weighted by Gasteiger charge is 2.03. The number of anilines is 1. The normalized spacial score (nSPS) is 10.8. The van der Waals surface area contributed by atoms with Crippen LogP contribution in [0.2, 0.25) is 0 Å². The maximum Gasteiger partial charge on any atom is 0.225 e. The molecule has 0 aliphatic carbocycles. The van der Waals surface area contributed by atoms with E-state index in [1.807, 2.05) is 66.4 Å². The van der Waals surface area contributed by atoms with E-state index in [0.717, 1.165) is 11.4 Å². The molecule has 0 saturated carbocycles. The van der Waals surface area contributed by atoms with Crippen LogP contribution in [0, 0.1) is 6.92 Å². The number of benzene rings is 1. The van der Waals surface area contributed by atoms with Gasteiger partial charge < -0.3 is 0 Å². The average Bonchev–Trinajstić information content (AvgIpc) is 2.38. The molecule has 18 heavy (non-hydrogen) atoms. The number of rotatable bonds is 3. The molecule has 3 nitrogen and oxygen atoms in total. The molecule has 0 N–H and O–H groups in total. The Balaban J connectivity index is 2.20. The molecule has 0 unspecified atom stereocenters. The molecule has 0 aliphatic rings. The summed E-state index contributed by atoms with van der Waals surface area (Å²) in [5.41, 5.74) is 3.40. The van der Waals surface area contributed by atoms with Gasteiger partial charge in [0.25, 0.3) is 0 Å². The van der Waals surface area contributed by atoms with Crippen LogP contribution in [-0.2, 0) is 7.05 Å². The lowest BCUT2D eigenvalue weighted by Crippen LogP contribution is -2.32. The minimum absolute atomic E-state index is 1.07. The van der Waals surface area contributed by atoms with Gasteiger partial charge in [0.2, 0.25) is 5.69 Å². The van der Waals surface area contributed by atoms with E-state index in [1.54, 1.807) is 0 Å². The van der Waals surface area contributed by atoms with Crippen LogP contribution in [0.1, 0.15) is 11.3 Å². The fraction of sp³-hybridized carbons (Fsp3) is 0.200. The van der Waals surface area contributed by atoms with Gasteiger partial charge in [0.05, 0.1) is 5.69 Å². The van der Waals surface area contributed by atoms with Gasteiger partial charge in [0.15, 0.2) is 6.20 Å². The largest absolute Gasteiger partial charge is 0.268 e. The van der Waals surface area contributed by atoms with Gasteiger partial charge in [-0.15, -0.1) is 0 Å². The van der Waals surface area contributed by atoms with Crippen molar-refractivity contribution in [2.75, 3.05) is 12.1 Å². The summed E-state index contributed by atoms with van der Waals surface area (Å²) in [6.45, 7) is 2.09. The van der Waals surface area contributed by atoms with Gasteiger partial charge >= 0.3 is 0 Å². The van der Waals surface area contributed by atoms with Crippen LogP contribution in [-0.4, -0.2) is 13.3 Å². The van der Waals surface area contributed by atoms with Crippen molar-refractivity contribution in [1.82, 2.24) is 0 Å². The van der Waals surface area contributed by atoms with Crippen molar-refractivity contribution in [3.8, 4) is 0 Å². The third kappa shape index (κ3) is 2.74. The SMILES string of the molecule is Cc1ccccc1N(C)N=Cc1cccc[n+]1C. The van der Waals surface area contributed by atoms with Crippen LogP contribution in [0.5, 0.6) is 0 Å². The van der Waals surface area contributed by atoms with Gasteiger partial charge in [-0.1, -0.05) is 18.2 Å². The Morgan fingerprint density at radius 3 is 2.56 bits per heavy atom. The fourth-order valence-corrected chi connectivity index (χ4v) is 1.81. The summed E-state index contributed by atoms with van der Waals surface area (Å²) >= 11 is 0. The Bertz CT molecular complexity index is 561. The van der Waals surface area contributed by atoms with Gasteiger partial charge in [-0.25, -0.2) is 4.57 Å². The first-order chi connectivity index (χ1) is 8.68. The van der Waals surface area contributed by atoms with E-state index in [4.69, 9.17) is 0 Å². The molecule has 1 heterocycles. The van der Waals surface area contributed by atoms with Crippen molar-refractivity contribution < 1.29 is 4.57 Å². The Morgan fingerprint density at radius 1 is 1.11 bits per heavy atom. The van der Waals surface area contributed by atoms with Crippen molar-refractivity contribution >= 4 is 11.9 Å². The molecule has 0 spiro atoms. The predicted molar refractivity (Wildman–Crippen MR) is 74.8 cm³/mol. The van der Waals surface area contributed by atoms with Crippen LogP contribution < -0.4 is 9.58 Å². The third-order valence-corrected chi connectivity index (χ3v) is 2.92. The second-order valence-electron chi connectivity index (χ2n) is 4.29. The molecule has 1 aromatic heterocycles. The Labute approximate surface area is 108 Å². The minimum Gasteiger partial charge on any atom is -0.268 e. The number of aromatic nitrogens is 1. The summed E-state index contributed by atoms with van der Waals surface area (Å²) in [4.78, 5) is 0.